The van der Waals surface area contributed by atoms with Gasteiger partial charge < -0.3 is 24.7 Å². The normalized spacial score (nSPS) is 32.9. The van der Waals surface area contributed by atoms with Gasteiger partial charge in [0.15, 0.2) is 12.3 Å². The van der Waals surface area contributed by atoms with Crippen molar-refractivity contribution in [2.45, 2.75) is 63.1 Å². The van der Waals surface area contributed by atoms with Gasteiger partial charge >= 0.3 is 19.5 Å². The number of fused-ring (bicyclic) bond motifs is 1. The monoisotopic (exact) mass is 507 g/mol. The minimum atomic E-state index is -4.17. The van der Waals surface area contributed by atoms with Crippen LogP contribution < -0.4 is 17.0 Å². The molecule has 0 unspecified atom stereocenters. The quantitative estimate of drug-likeness (QED) is 0.329. The Bertz CT molecular complexity index is 1040. The van der Waals surface area contributed by atoms with Crippen LogP contribution in [0.25, 0.3) is 0 Å². The molecule has 14 nitrogen and oxygen atoms in total. The van der Waals surface area contributed by atoms with Crippen LogP contribution in [0.3, 0.4) is 0 Å². The lowest BCUT2D eigenvalue weighted by Crippen LogP contribution is -2.55. The Morgan fingerprint density at radius 2 is 2.06 bits per heavy atom. The molecule has 0 aromatic carbocycles. The van der Waals surface area contributed by atoms with Gasteiger partial charge in [0.25, 0.3) is 5.56 Å². The Balaban J connectivity index is 1.72. The van der Waals surface area contributed by atoms with E-state index >= 15 is 0 Å². The van der Waals surface area contributed by atoms with Gasteiger partial charge in [-0.05, 0) is 20.8 Å². The minimum Gasteiger partial charge on any atom is -0.461 e. The number of hydrogen-bond acceptors (Lipinski definition) is 12. The number of aromatic nitrogens is 2. The molecule has 3 N–H and O–H groups in total. The third kappa shape index (κ3) is 5.50. The Kier molecular flexibility index (Phi) is 8.15. The fourth-order valence-electron chi connectivity index (χ4n) is 3.75. The molecule has 3 heterocycles. The van der Waals surface area contributed by atoms with E-state index < -0.39 is 61.2 Å². The molecular formula is C19H30N3O11P. The highest BCUT2D eigenvalue weighted by Gasteiger charge is 2.59. The van der Waals surface area contributed by atoms with Crippen LogP contribution in [0.15, 0.2) is 21.9 Å². The highest BCUT2D eigenvalue weighted by atomic mass is 31.2. The van der Waals surface area contributed by atoms with E-state index in [1.165, 1.54) is 20.4 Å². The summed E-state index contributed by atoms with van der Waals surface area (Å²) < 4.78 is 52.1. The molecule has 0 radical (unpaired) electrons. The Morgan fingerprint density at radius 3 is 2.65 bits per heavy atom. The van der Waals surface area contributed by atoms with Gasteiger partial charge in [-0.3, -0.25) is 27.9 Å². The van der Waals surface area contributed by atoms with Gasteiger partial charge in [-0.1, -0.05) is 0 Å². The van der Waals surface area contributed by atoms with E-state index in [4.69, 9.17) is 38.3 Å². The molecule has 2 aliphatic heterocycles. The first-order chi connectivity index (χ1) is 15.9. The lowest BCUT2D eigenvalue weighted by molar-refractivity contribution is -0.170. The molecular weight excluding hydrogens is 477 g/mol. The summed E-state index contributed by atoms with van der Waals surface area (Å²) >= 11 is 0. The maximum absolute atomic E-state index is 13.2. The van der Waals surface area contributed by atoms with Crippen molar-refractivity contribution in [3.05, 3.63) is 33.1 Å². The van der Waals surface area contributed by atoms with Gasteiger partial charge in [0.05, 0.1) is 24.9 Å². The van der Waals surface area contributed by atoms with E-state index in [-0.39, 0.29) is 19.3 Å². The van der Waals surface area contributed by atoms with Crippen LogP contribution >= 0.6 is 7.82 Å². The van der Waals surface area contributed by atoms with Gasteiger partial charge in [0.2, 0.25) is 0 Å². The molecule has 1 aromatic heterocycles. The topological polar surface area (TPSA) is 180 Å². The molecule has 15 heteroatoms. The van der Waals surface area contributed by atoms with Crippen LogP contribution in [0.5, 0.6) is 0 Å². The third-order valence-electron chi connectivity index (χ3n) is 5.41. The van der Waals surface area contributed by atoms with Crippen molar-refractivity contribution < 1.29 is 41.9 Å². The first-order valence-corrected chi connectivity index (χ1v) is 12.0. The fourth-order valence-corrected chi connectivity index (χ4v) is 5.25. The SMILES string of the molecule is CO[C@H](CO[P@]1(=O)OC[C@H]2O[C@@H](n3ccc(=O)[nH]c3=O)[C@](C)(N)[C@@H]2O1)[C@@H](OC)C(=O)OC(C)C. The minimum absolute atomic E-state index is 0.204. The number of phosphoric acid groups is 1. The van der Waals surface area contributed by atoms with E-state index in [9.17, 15) is 18.9 Å². The standard InChI is InChI=1S/C19H30N3O11P/c1-10(2)31-16(24)14(28-5)11(27-4)8-29-34(26)30-9-12-15(33-34)19(3,20)17(32-12)22-7-6-13(23)21-18(22)25/h6-7,10-12,14-15,17H,8-9,20H2,1-5H3,(H,21,23,25)/t11-,12-,14-,15-,17-,19-,34-/m1/s1. The number of rotatable bonds is 9. The predicted molar refractivity (Wildman–Crippen MR) is 115 cm³/mol. The van der Waals surface area contributed by atoms with Gasteiger partial charge in [0.1, 0.15) is 18.3 Å². The number of ether oxygens (including phenoxy) is 4. The van der Waals surface area contributed by atoms with Crippen LogP contribution in [0.4, 0.5) is 0 Å². The Morgan fingerprint density at radius 1 is 1.35 bits per heavy atom. The molecule has 0 spiro atoms. The summed E-state index contributed by atoms with van der Waals surface area (Å²) in [6.45, 7) is 4.33. The maximum atomic E-state index is 13.2. The van der Waals surface area contributed by atoms with Gasteiger partial charge in [-0.25, -0.2) is 14.2 Å². The molecule has 0 saturated carbocycles. The van der Waals surface area contributed by atoms with Gasteiger partial charge in [0, 0.05) is 26.5 Å². The average molecular weight is 507 g/mol. The summed E-state index contributed by atoms with van der Waals surface area (Å²) in [7, 11) is -1.55. The van der Waals surface area contributed by atoms with Crippen LogP contribution in [0, 0.1) is 0 Å². The van der Waals surface area contributed by atoms with Crippen molar-refractivity contribution in [2.24, 2.45) is 5.73 Å². The van der Waals surface area contributed by atoms with Gasteiger partial charge in [-0.15, -0.1) is 0 Å². The number of nitrogens with one attached hydrogen (secondary N) is 1. The summed E-state index contributed by atoms with van der Waals surface area (Å²) in [5.41, 5.74) is 3.78. The molecule has 7 atom stereocenters. The zero-order chi connectivity index (χ0) is 25.3. The number of carbonyl (C=O) groups excluding carboxylic acids is 1. The van der Waals surface area contributed by atoms with Crippen molar-refractivity contribution in [3.8, 4) is 0 Å². The fraction of sp³-hybridized carbons (Fsp3) is 0.737. The summed E-state index contributed by atoms with van der Waals surface area (Å²) in [5.74, 6) is -0.676. The van der Waals surface area contributed by atoms with E-state index in [1.54, 1.807) is 20.8 Å². The third-order valence-corrected chi connectivity index (χ3v) is 6.82. The summed E-state index contributed by atoms with van der Waals surface area (Å²) in [6.07, 6.45) is -4.06. The number of phosphoric ester groups is 1. The lowest BCUT2D eigenvalue weighted by atomic mass is 9.93. The highest BCUT2D eigenvalue weighted by molar-refractivity contribution is 7.48. The lowest BCUT2D eigenvalue weighted by Gasteiger charge is -2.36. The number of carbonyl (C=O) groups is 1. The smallest absolute Gasteiger partial charge is 0.461 e. The van der Waals surface area contributed by atoms with Crippen LogP contribution in [0.1, 0.15) is 27.0 Å². The van der Waals surface area contributed by atoms with Crippen LogP contribution in [-0.2, 0) is 41.9 Å². The average Bonchev–Trinajstić information content (AvgIpc) is 3.00. The molecule has 34 heavy (non-hydrogen) atoms. The zero-order valence-electron chi connectivity index (χ0n) is 19.5. The Labute approximate surface area is 195 Å². The second-order valence-electron chi connectivity index (χ2n) is 8.39. The molecule has 0 amide bonds. The van der Waals surface area contributed by atoms with Crippen molar-refractivity contribution in [1.29, 1.82) is 0 Å². The molecule has 192 valence electrons. The maximum Gasteiger partial charge on any atom is 0.475 e. The van der Waals surface area contributed by atoms with Crippen molar-refractivity contribution in [2.75, 3.05) is 27.4 Å². The number of nitrogens with zero attached hydrogens (tertiary/aromatic N) is 1. The summed E-state index contributed by atoms with van der Waals surface area (Å²) in [5, 5.41) is 0. The number of nitrogens with two attached hydrogens (primary N) is 1. The molecule has 2 saturated heterocycles. The molecule has 0 aliphatic carbocycles. The van der Waals surface area contributed by atoms with Crippen LogP contribution in [-0.4, -0.2) is 79.0 Å². The largest absolute Gasteiger partial charge is 0.475 e. The molecule has 2 fully saturated rings. The number of aromatic amines is 1. The molecule has 3 rings (SSSR count). The number of esters is 1. The van der Waals surface area contributed by atoms with E-state index in [0.29, 0.717) is 0 Å². The van der Waals surface area contributed by atoms with Crippen LogP contribution in [0.2, 0.25) is 0 Å². The number of methoxy groups -OCH3 is 2. The second-order valence-corrected chi connectivity index (χ2v) is 10.0. The first kappa shape index (κ1) is 26.7. The van der Waals surface area contributed by atoms with Crippen molar-refractivity contribution in [3.63, 3.8) is 0 Å². The molecule has 2 aliphatic rings. The molecule has 1 aromatic rings. The summed E-state index contributed by atoms with van der Waals surface area (Å²) in [6, 6.07) is 1.15. The van der Waals surface area contributed by atoms with Crippen molar-refractivity contribution in [1.82, 2.24) is 9.55 Å². The number of hydrogen-bond donors (Lipinski definition) is 2. The van der Waals surface area contributed by atoms with Crippen molar-refractivity contribution >= 4 is 13.8 Å². The molecule has 0 bridgehead atoms. The van der Waals surface area contributed by atoms with Gasteiger partial charge in [-0.2, -0.15) is 0 Å². The highest BCUT2D eigenvalue weighted by Crippen LogP contribution is 2.58. The predicted octanol–water partition coefficient (Wildman–Crippen LogP) is -0.327. The Hall–Kier alpha value is -1.90. The van der Waals surface area contributed by atoms with E-state index in [0.717, 1.165) is 10.6 Å². The zero-order valence-corrected chi connectivity index (χ0v) is 20.4. The summed E-state index contributed by atoms with van der Waals surface area (Å²) in [4.78, 5) is 38.0. The van der Waals surface area contributed by atoms with E-state index in [1.807, 2.05) is 0 Å². The second kappa shape index (κ2) is 10.4. The number of H-pyrrole nitrogens is 1. The van der Waals surface area contributed by atoms with E-state index in [2.05, 4.69) is 4.98 Å². The first-order valence-electron chi connectivity index (χ1n) is 10.5.